The van der Waals surface area contributed by atoms with Crippen LogP contribution in [0.2, 0.25) is 0 Å². The van der Waals surface area contributed by atoms with Crippen molar-refractivity contribution in [3.05, 3.63) is 47.1 Å². The number of piperidine rings is 1. The van der Waals surface area contributed by atoms with Crippen molar-refractivity contribution >= 4 is 33.5 Å². The van der Waals surface area contributed by atoms with Gasteiger partial charge in [0, 0.05) is 72.9 Å². The van der Waals surface area contributed by atoms with Gasteiger partial charge >= 0.3 is 5.97 Å². The van der Waals surface area contributed by atoms with Crippen molar-refractivity contribution in [2.45, 2.75) is 182 Å². The average molecular weight is 1040 g/mol. The number of hydrogen-bond donors (Lipinski definition) is 9. The van der Waals surface area contributed by atoms with Gasteiger partial charge in [0.25, 0.3) is 0 Å². The lowest BCUT2D eigenvalue weighted by Gasteiger charge is -2.68. The first-order valence-corrected chi connectivity index (χ1v) is 30.3. The van der Waals surface area contributed by atoms with Crippen LogP contribution in [0.5, 0.6) is 11.5 Å². The third kappa shape index (κ3) is 8.94. The summed E-state index contributed by atoms with van der Waals surface area (Å²) in [5.41, 5.74) is 8.15. The number of nitrogens with one attached hydrogen (secondary N) is 3. The number of nitrogens with zero attached hydrogens (tertiary/aromatic N) is 1. The van der Waals surface area contributed by atoms with Crippen LogP contribution < -0.4 is 26.4 Å². The van der Waals surface area contributed by atoms with E-state index in [0.29, 0.717) is 87.4 Å². The second-order valence-electron chi connectivity index (χ2n) is 24.6. The number of carbonyl (C=O) groups excluding carboxylic acids is 1. The van der Waals surface area contributed by atoms with Crippen molar-refractivity contribution in [3.8, 4) is 35.2 Å². The second-order valence-corrected chi connectivity index (χ2v) is 27.2. The molecule has 5 fully saturated rings. The van der Waals surface area contributed by atoms with E-state index < -0.39 is 59.4 Å². The van der Waals surface area contributed by atoms with Crippen LogP contribution in [0.3, 0.4) is 0 Å². The first kappa shape index (κ1) is 50.4. The fourth-order valence-corrected chi connectivity index (χ4v) is 20.4. The van der Waals surface area contributed by atoms with Gasteiger partial charge in [-0.3, -0.25) is 4.79 Å². The topological polar surface area (TPSA) is 211 Å². The monoisotopic (exact) mass is 1040 g/mol. The van der Waals surface area contributed by atoms with Crippen molar-refractivity contribution in [2.24, 2.45) is 62.5 Å². The summed E-state index contributed by atoms with van der Waals surface area (Å²) in [6.45, 7) is 3.42. The smallest absolute Gasteiger partial charge is 0.302 e. The number of esters is 1. The number of ether oxygens (including phenoxy) is 2. The summed E-state index contributed by atoms with van der Waals surface area (Å²) in [5, 5.41) is 70.1. The third-order valence-corrected chi connectivity index (χ3v) is 23.4. The number of phenols is 1. The van der Waals surface area contributed by atoms with Gasteiger partial charge in [-0.1, -0.05) is 81.9 Å². The van der Waals surface area contributed by atoms with Crippen molar-refractivity contribution in [2.75, 3.05) is 25.4 Å². The van der Waals surface area contributed by atoms with Crippen LogP contribution in [-0.4, -0.2) is 110 Å². The molecule has 1 saturated heterocycles. The van der Waals surface area contributed by atoms with Crippen LogP contribution >= 0.6 is 21.6 Å². The number of rotatable bonds is 2. The minimum Gasteiger partial charge on any atom is -0.504 e. The molecule has 0 amide bonds. The van der Waals surface area contributed by atoms with Crippen LogP contribution in [0.25, 0.3) is 0 Å². The molecule has 5 spiro atoms. The van der Waals surface area contributed by atoms with Gasteiger partial charge in [0.2, 0.25) is 0 Å². The van der Waals surface area contributed by atoms with Gasteiger partial charge in [0.15, 0.2) is 23.7 Å². The number of benzene rings is 1. The Kier molecular flexibility index (Phi) is 13.5. The van der Waals surface area contributed by atoms with E-state index in [2.05, 4.69) is 51.8 Å². The summed E-state index contributed by atoms with van der Waals surface area (Å²) in [5.74, 6) is 16.5. The predicted molar refractivity (Wildman–Crippen MR) is 284 cm³/mol. The van der Waals surface area contributed by atoms with E-state index >= 15 is 0 Å². The van der Waals surface area contributed by atoms with Crippen LogP contribution in [0.1, 0.15) is 140 Å². The highest BCUT2D eigenvalue weighted by Gasteiger charge is 2.71. The Balaban J connectivity index is 1.05. The molecule has 4 saturated carbocycles. The normalized spacial score (nSPS) is 44.7. The van der Waals surface area contributed by atoms with Gasteiger partial charge in [0.1, 0.15) is 12.2 Å². The molecule has 13 nitrogen and oxygen atoms in total. The number of guanidine groups is 1. The standard InChI is InChI=1S/C58H77N5O8S2/c1-34(64)70-48-25-41(65)14-19-56-18-13-36-21-35-9-12-43(30-60-32-55(27-35)28-42(15-20-61-55)71-49-24-38(23-44(36)48)45(52(68)69)26-47(49)66)73-72-33-57(63-53(59)62-50(56)7-2-8-51(56)67)31-54-16-3-6-40(54)22-37-10-11-39-5-4-17-58(39,57)46(37)29-54/h2,7,22,24,26,35-36,39-44,46,48,50-52,60-61,65-69H,3-6,8,10-11,14-17,19-21,23,25,27-33H2,1H3,(H3,59,62,63). The molecular formula is C58H77N5O8S2. The molecule has 15 heteroatoms. The molecule has 7 aliphatic carbocycles. The predicted octanol–water partition coefficient (Wildman–Crippen LogP) is 6.32. The van der Waals surface area contributed by atoms with E-state index in [1.165, 1.54) is 70.8 Å². The zero-order valence-electron chi connectivity index (χ0n) is 42.5. The van der Waals surface area contributed by atoms with E-state index in [0.717, 1.165) is 12.2 Å². The minimum atomic E-state index is -1.93. The Labute approximate surface area is 439 Å². The molecule has 0 aromatic heterocycles. The highest BCUT2D eigenvalue weighted by Crippen LogP contribution is 2.74. The van der Waals surface area contributed by atoms with Gasteiger partial charge in [-0.05, 0) is 144 Å². The number of aliphatic imine (C=N–C) groups is 1. The Bertz CT molecular complexity index is 2550. The lowest BCUT2D eigenvalue weighted by Crippen LogP contribution is -2.73. The fraction of sp³-hybridized carbons (Fsp3) is 0.724. The van der Waals surface area contributed by atoms with Crippen molar-refractivity contribution in [1.82, 2.24) is 16.0 Å². The SMILES string of the molecule is CC(=O)OC1CC(O)CCC23C#CC4CC5C#CC(CNCC6(C5)CC(CCN6)Oc5cc(c(C(O)O)cc5O)CC41)SSCC1(CC45CCCC4C=C4CCC6CCCC61C4C5)NC(N)=NC2C=CCC3O. The number of hydrogen-bond acceptors (Lipinski definition) is 15. The van der Waals surface area contributed by atoms with Gasteiger partial charge in [-0.25, -0.2) is 4.99 Å². The van der Waals surface area contributed by atoms with Crippen LogP contribution in [0.4, 0.5) is 0 Å². The van der Waals surface area contributed by atoms with Gasteiger partial charge < -0.3 is 56.7 Å². The summed E-state index contributed by atoms with van der Waals surface area (Å²) in [6.07, 6.45) is 17.8. The number of allylic oxidation sites excluding steroid dienone is 2. The molecule has 73 heavy (non-hydrogen) atoms. The summed E-state index contributed by atoms with van der Waals surface area (Å²) >= 11 is 0. The Morgan fingerprint density at radius 2 is 1.90 bits per heavy atom. The summed E-state index contributed by atoms with van der Waals surface area (Å²) in [4.78, 5) is 18.7. The van der Waals surface area contributed by atoms with Crippen molar-refractivity contribution in [1.29, 1.82) is 0 Å². The molecule has 10 bridgehead atoms. The first-order chi connectivity index (χ1) is 35.2. The maximum atomic E-state index is 13.2. The second kappa shape index (κ2) is 19.6. The van der Waals surface area contributed by atoms with Crippen molar-refractivity contribution < 1.29 is 39.8 Å². The fourth-order valence-electron chi connectivity index (χ4n) is 17.6. The van der Waals surface area contributed by atoms with E-state index in [9.17, 15) is 30.3 Å². The molecule has 1 aromatic rings. The molecule has 11 aliphatic rings. The number of carbonyl (C=O) groups is 1. The number of aromatic hydroxyl groups is 1. The highest BCUT2D eigenvalue weighted by molar-refractivity contribution is 8.77. The van der Waals surface area contributed by atoms with Crippen LogP contribution in [0, 0.1) is 75.4 Å². The molecule has 0 radical (unpaired) electrons. The lowest BCUT2D eigenvalue weighted by molar-refractivity contribution is -0.152. The quantitative estimate of drug-likeness (QED) is 0.0523. The third-order valence-electron chi connectivity index (χ3n) is 20.7. The highest BCUT2D eigenvalue weighted by atomic mass is 33.1. The van der Waals surface area contributed by atoms with E-state index in [1.54, 1.807) is 11.6 Å². The molecular weight excluding hydrogens is 959 g/mol. The number of fused-ring (bicyclic) bond motifs is 4. The minimum absolute atomic E-state index is 0.0314. The zero-order chi connectivity index (χ0) is 50.3. The molecule has 4 aliphatic heterocycles. The number of aliphatic hydroxyl groups excluding tert-OH is 3. The van der Waals surface area contributed by atoms with Gasteiger partial charge in [0.05, 0.1) is 34.5 Å². The van der Waals surface area contributed by atoms with E-state index in [1.807, 2.05) is 27.7 Å². The average Bonchev–Trinajstić information content (AvgIpc) is 3.99. The van der Waals surface area contributed by atoms with Crippen LogP contribution in [-0.2, 0) is 16.0 Å². The number of aliphatic hydroxyl groups is 4. The summed E-state index contributed by atoms with van der Waals surface area (Å²) in [7, 11) is 3.84. The van der Waals surface area contributed by atoms with Crippen LogP contribution in [0.15, 0.2) is 40.9 Å². The van der Waals surface area contributed by atoms with Gasteiger partial charge in [-0.2, -0.15) is 0 Å². The van der Waals surface area contributed by atoms with Gasteiger partial charge in [-0.15, -0.1) is 0 Å². The van der Waals surface area contributed by atoms with E-state index in [-0.39, 0.29) is 70.0 Å². The summed E-state index contributed by atoms with van der Waals surface area (Å²) in [6, 6.07) is 2.43. The van der Waals surface area contributed by atoms with E-state index in [4.69, 9.17) is 20.2 Å². The molecule has 17 atom stereocenters. The molecule has 4 heterocycles. The number of nitrogens with two attached hydrogens (primary N) is 1. The zero-order valence-corrected chi connectivity index (χ0v) is 44.1. The molecule has 10 N–H and O–H groups in total. The molecule has 394 valence electrons. The maximum absolute atomic E-state index is 13.2. The molecule has 17 unspecified atom stereocenters. The molecule has 12 rings (SSSR count). The molecule has 1 aromatic carbocycles. The number of phenolic OH excluding ortho intramolecular Hbond substituents is 1. The summed E-state index contributed by atoms with van der Waals surface area (Å²) < 4.78 is 13.0. The van der Waals surface area contributed by atoms with Crippen molar-refractivity contribution in [3.63, 3.8) is 0 Å². The maximum Gasteiger partial charge on any atom is 0.302 e. The Morgan fingerprint density at radius 3 is 2.77 bits per heavy atom. The first-order valence-electron chi connectivity index (χ1n) is 27.9. The largest absolute Gasteiger partial charge is 0.504 e. The Morgan fingerprint density at radius 1 is 1.03 bits per heavy atom. The Hall–Kier alpha value is -3.38. The lowest BCUT2D eigenvalue weighted by atomic mass is 9.39.